The minimum absolute atomic E-state index is 0.000796. The van der Waals surface area contributed by atoms with E-state index >= 15 is 0 Å². The fourth-order valence-corrected chi connectivity index (χ4v) is 4.64. The number of hydrogen-bond acceptors (Lipinski definition) is 9. The minimum Gasteiger partial charge on any atom is -0.493 e. The third-order valence-corrected chi connectivity index (χ3v) is 6.64. The number of carbonyl (C=O) groups excluding carboxylic acids is 1. The van der Waals surface area contributed by atoms with Crippen molar-refractivity contribution in [1.29, 1.82) is 0 Å². The van der Waals surface area contributed by atoms with Crippen LogP contribution in [0.15, 0.2) is 47.2 Å². The predicted molar refractivity (Wildman–Crippen MR) is 139 cm³/mol. The zero-order valence-electron chi connectivity index (χ0n) is 21.0. The number of likely N-dealkylation sites (N-methyl/N-ethyl adjacent to an activating group) is 1. The summed E-state index contributed by atoms with van der Waals surface area (Å²) in [6.07, 6.45) is 1.58. The van der Waals surface area contributed by atoms with E-state index < -0.39 is 5.82 Å². The number of aromatic nitrogens is 3. The van der Waals surface area contributed by atoms with Crippen molar-refractivity contribution in [2.75, 3.05) is 26.0 Å². The second-order valence-electron chi connectivity index (χ2n) is 9.05. The Labute approximate surface area is 223 Å². The van der Waals surface area contributed by atoms with Gasteiger partial charge in [0.2, 0.25) is 5.91 Å². The van der Waals surface area contributed by atoms with Gasteiger partial charge < -0.3 is 24.6 Å². The summed E-state index contributed by atoms with van der Waals surface area (Å²) in [5.41, 5.74) is 1.43. The number of aryl methyl sites for hydroxylation is 1. The van der Waals surface area contributed by atoms with E-state index in [1.165, 1.54) is 12.4 Å². The maximum atomic E-state index is 14.5. The fourth-order valence-electron chi connectivity index (χ4n) is 4.46. The summed E-state index contributed by atoms with van der Waals surface area (Å²) in [5.74, 6) is 1.31. The first-order valence-corrected chi connectivity index (χ1v) is 12.3. The third-order valence-electron chi connectivity index (χ3n) is 6.35. The van der Waals surface area contributed by atoms with Gasteiger partial charge in [0.25, 0.3) is 0 Å². The molecule has 12 heteroatoms. The number of nitrogens with zero attached hydrogens (tertiary/aromatic N) is 4. The molecule has 38 heavy (non-hydrogen) atoms. The Morgan fingerprint density at radius 1 is 1.26 bits per heavy atom. The van der Waals surface area contributed by atoms with Gasteiger partial charge in [-0.05, 0) is 32.2 Å². The van der Waals surface area contributed by atoms with Crippen LogP contribution in [0, 0.1) is 12.7 Å². The molecule has 0 radical (unpaired) electrons. The molecule has 0 spiro atoms. The Bertz CT molecular complexity index is 1480. The first kappa shape index (κ1) is 25.7. The number of benzene rings is 2. The maximum absolute atomic E-state index is 14.5. The van der Waals surface area contributed by atoms with Crippen molar-refractivity contribution < 1.29 is 23.2 Å². The Balaban J connectivity index is 1.34. The van der Waals surface area contributed by atoms with Crippen molar-refractivity contribution in [1.82, 2.24) is 25.3 Å². The highest BCUT2D eigenvalue weighted by molar-refractivity contribution is 6.31. The molecular formula is C26H26ClFN6O4. The van der Waals surface area contributed by atoms with Gasteiger partial charge in [0.15, 0.2) is 17.3 Å². The average molecular weight is 541 g/mol. The molecule has 0 saturated carbocycles. The van der Waals surface area contributed by atoms with Gasteiger partial charge in [-0.25, -0.2) is 14.4 Å². The number of likely N-dealkylation sites (tertiary alicyclic amines) is 1. The van der Waals surface area contributed by atoms with Crippen LogP contribution in [0.5, 0.6) is 11.5 Å². The average Bonchev–Trinajstić information content (AvgIpc) is 3.49. The van der Waals surface area contributed by atoms with Gasteiger partial charge in [-0.2, -0.15) is 0 Å². The highest BCUT2D eigenvalue weighted by Gasteiger charge is 2.36. The standard InChI is InChI=1S/C26H26ClFN6O4/c1-14-7-15(33-38-14)11-29-26(35)21-8-16(12-34(21)2)37-23-9-17-20(10-22(23)36-3)30-13-31-25(17)32-19-6-4-5-18(27)24(19)28/h4-7,9-10,13,16,21H,8,11-12H2,1-3H3,(H,29,35)(H,30,31,32)/t16-,21+/m0/s1. The lowest BCUT2D eigenvalue weighted by Crippen LogP contribution is -2.41. The normalized spacial score (nSPS) is 17.5. The summed E-state index contributed by atoms with van der Waals surface area (Å²) in [7, 11) is 3.42. The van der Waals surface area contributed by atoms with Gasteiger partial charge >= 0.3 is 0 Å². The van der Waals surface area contributed by atoms with Crippen molar-refractivity contribution in [2.45, 2.75) is 32.0 Å². The molecule has 10 nitrogen and oxygen atoms in total. The van der Waals surface area contributed by atoms with Crippen molar-refractivity contribution in [3.8, 4) is 11.5 Å². The van der Waals surface area contributed by atoms with Crippen LogP contribution in [0.25, 0.3) is 10.9 Å². The largest absolute Gasteiger partial charge is 0.493 e. The summed E-state index contributed by atoms with van der Waals surface area (Å²) in [6, 6.07) is 9.58. The van der Waals surface area contributed by atoms with E-state index in [-0.39, 0.29) is 35.3 Å². The summed E-state index contributed by atoms with van der Waals surface area (Å²) >= 11 is 5.93. The lowest BCUT2D eigenvalue weighted by molar-refractivity contribution is -0.125. The third kappa shape index (κ3) is 5.34. The highest BCUT2D eigenvalue weighted by Crippen LogP contribution is 2.37. The van der Waals surface area contributed by atoms with Crippen molar-refractivity contribution in [2.24, 2.45) is 0 Å². The van der Waals surface area contributed by atoms with E-state index in [0.717, 1.165) is 0 Å². The second-order valence-corrected chi connectivity index (χ2v) is 9.45. The molecule has 0 aliphatic carbocycles. The van der Waals surface area contributed by atoms with Crippen LogP contribution in [0.1, 0.15) is 17.9 Å². The molecule has 5 rings (SSSR count). The Morgan fingerprint density at radius 3 is 2.87 bits per heavy atom. The van der Waals surface area contributed by atoms with Gasteiger partial charge in [0.05, 0.1) is 35.9 Å². The molecule has 0 bridgehead atoms. The van der Waals surface area contributed by atoms with Crippen molar-refractivity contribution in [3.63, 3.8) is 0 Å². The Hall–Kier alpha value is -3.96. The number of ether oxygens (including phenoxy) is 2. The summed E-state index contributed by atoms with van der Waals surface area (Å²) in [6.45, 7) is 2.62. The highest BCUT2D eigenvalue weighted by atomic mass is 35.5. The Kier molecular flexibility index (Phi) is 7.30. The molecule has 4 aromatic rings. The number of hydrogen-bond donors (Lipinski definition) is 2. The number of methoxy groups -OCH3 is 1. The van der Waals surface area contributed by atoms with Crippen LogP contribution in [0.4, 0.5) is 15.9 Å². The fraction of sp³-hybridized carbons (Fsp3) is 0.308. The molecule has 1 amide bonds. The van der Waals surface area contributed by atoms with E-state index in [1.54, 1.807) is 44.4 Å². The number of amides is 1. The second kappa shape index (κ2) is 10.8. The molecule has 1 aliphatic heterocycles. The summed E-state index contributed by atoms with van der Waals surface area (Å²) < 4.78 is 31.4. The lowest BCUT2D eigenvalue weighted by atomic mass is 10.1. The van der Waals surface area contributed by atoms with Crippen LogP contribution in [-0.4, -0.2) is 58.8 Å². The number of rotatable bonds is 8. The molecule has 1 saturated heterocycles. The van der Waals surface area contributed by atoms with E-state index in [9.17, 15) is 9.18 Å². The molecule has 198 valence electrons. The van der Waals surface area contributed by atoms with Gasteiger partial charge in [-0.3, -0.25) is 9.69 Å². The number of nitrogens with one attached hydrogen (secondary N) is 2. The van der Waals surface area contributed by atoms with Crippen LogP contribution in [-0.2, 0) is 11.3 Å². The first-order valence-electron chi connectivity index (χ1n) is 11.9. The molecule has 1 aliphatic rings. The van der Waals surface area contributed by atoms with Gasteiger partial charge in [-0.1, -0.05) is 22.8 Å². The number of halogens is 2. The minimum atomic E-state index is -0.581. The molecule has 2 atom stereocenters. The summed E-state index contributed by atoms with van der Waals surface area (Å²) in [4.78, 5) is 23.4. The molecular weight excluding hydrogens is 515 g/mol. The van der Waals surface area contributed by atoms with E-state index in [1.807, 2.05) is 11.9 Å². The zero-order chi connectivity index (χ0) is 26.8. The molecule has 3 heterocycles. The molecule has 2 aromatic carbocycles. The van der Waals surface area contributed by atoms with Crippen LogP contribution < -0.4 is 20.1 Å². The van der Waals surface area contributed by atoms with E-state index in [0.29, 0.717) is 52.6 Å². The quantitative estimate of drug-likeness (QED) is 0.338. The van der Waals surface area contributed by atoms with Crippen LogP contribution in [0.3, 0.4) is 0 Å². The van der Waals surface area contributed by atoms with Gasteiger partial charge in [0, 0.05) is 30.5 Å². The predicted octanol–water partition coefficient (Wildman–Crippen LogP) is 4.24. The zero-order valence-corrected chi connectivity index (χ0v) is 21.8. The lowest BCUT2D eigenvalue weighted by Gasteiger charge is -2.17. The van der Waals surface area contributed by atoms with E-state index in [4.69, 9.17) is 25.6 Å². The number of carbonyl (C=O) groups is 1. The first-order chi connectivity index (χ1) is 18.3. The smallest absolute Gasteiger partial charge is 0.237 e. The maximum Gasteiger partial charge on any atom is 0.237 e. The van der Waals surface area contributed by atoms with Crippen LogP contribution >= 0.6 is 11.6 Å². The SMILES string of the molecule is COc1cc2ncnc(Nc3cccc(Cl)c3F)c2cc1O[C@H]1C[C@H](C(=O)NCc2cc(C)on2)N(C)C1. The molecule has 1 fully saturated rings. The van der Waals surface area contributed by atoms with E-state index in [2.05, 4.69) is 25.8 Å². The van der Waals surface area contributed by atoms with Crippen molar-refractivity contribution in [3.05, 3.63) is 65.0 Å². The Morgan fingerprint density at radius 2 is 2.11 bits per heavy atom. The molecule has 2 N–H and O–H groups in total. The summed E-state index contributed by atoms with van der Waals surface area (Å²) in [5, 5.41) is 10.4. The van der Waals surface area contributed by atoms with Crippen LogP contribution in [0.2, 0.25) is 5.02 Å². The molecule has 0 unspecified atom stereocenters. The monoisotopic (exact) mass is 540 g/mol. The van der Waals surface area contributed by atoms with Gasteiger partial charge in [0.1, 0.15) is 29.7 Å². The van der Waals surface area contributed by atoms with Gasteiger partial charge in [-0.15, -0.1) is 0 Å². The molecule has 2 aromatic heterocycles. The number of anilines is 2. The topological polar surface area (TPSA) is 115 Å². The van der Waals surface area contributed by atoms with Crippen molar-refractivity contribution >= 4 is 39.9 Å². The number of fused-ring (bicyclic) bond motifs is 1.